The van der Waals surface area contributed by atoms with Gasteiger partial charge in [0, 0.05) is 5.56 Å². The SMILES string of the molecule is NC(=O)[C@H](OC(=O)c1ccccc1F)c1ccc(F)cc1. The number of primary amides is 1. The van der Waals surface area contributed by atoms with E-state index in [0.717, 1.165) is 18.2 Å². The molecule has 0 fully saturated rings. The van der Waals surface area contributed by atoms with Gasteiger partial charge in [0.05, 0.1) is 5.56 Å². The summed E-state index contributed by atoms with van der Waals surface area (Å²) in [4.78, 5) is 23.3. The van der Waals surface area contributed by atoms with Gasteiger partial charge in [-0.3, -0.25) is 4.79 Å². The van der Waals surface area contributed by atoms with E-state index in [1.54, 1.807) is 0 Å². The molecular formula is C15H11F2NO3. The van der Waals surface area contributed by atoms with E-state index < -0.39 is 29.6 Å². The number of esters is 1. The Morgan fingerprint density at radius 2 is 1.62 bits per heavy atom. The highest BCUT2D eigenvalue weighted by Gasteiger charge is 2.24. The molecule has 2 aromatic rings. The van der Waals surface area contributed by atoms with E-state index in [-0.39, 0.29) is 11.1 Å². The van der Waals surface area contributed by atoms with Crippen LogP contribution in [0.5, 0.6) is 0 Å². The van der Waals surface area contributed by atoms with Gasteiger partial charge in [-0.05, 0) is 24.3 Å². The average Bonchev–Trinajstić information content (AvgIpc) is 2.46. The molecule has 0 unspecified atom stereocenters. The van der Waals surface area contributed by atoms with Crippen LogP contribution in [0.2, 0.25) is 0 Å². The van der Waals surface area contributed by atoms with Crippen LogP contribution in [-0.2, 0) is 9.53 Å². The van der Waals surface area contributed by atoms with E-state index in [1.807, 2.05) is 0 Å². The van der Waals surface area contributed by atoms with Crippen LogP contribution in [0.3, 0.4) is 0 Å². The summed E-state index contributed by atoms with van der Waals surface area (Å²) < 4.78 is 31.3. The third-order valence-electron chi connectivity index (χ3n) is 2.75. The Balaban J connectivity index is 2.25. The standard InChI is InChI=1S/C15H11F2NO3/c16-10-7-5-9(6-8-10)13(14(18)19)21-15(20)11-3-1-2-4-12(11)17/h1-8,13H,(H2,18,19)/t13-/m1/s1. The summed E-state index contributed by atoms with van der Waals surface area (Å²) in [6, 6.07) is 9.91. The number of carbonyl (C=O) groups excluding carboxylic acids is 2. The topological polar surface area (TPSA) is 69.4 Å². The molecular weight excluding hydrogens is 280 g/mol. The van der Waals surface area contributed by atoms with E-state index in [1.165, 1.54) is 30.3 Å². The molecule has 0 spiro atoms. The molecule has 0 aliphatic rings. The van der Waals surface area contributed by atoms with E-state index >= 15 is 0 Å². The number of benzene rings is 2. The van der Waals surface area contributed by atoms with Crippen LogP contribution in [-0.4, -0.2) is 11.9 Å². The Bertz CT molecular complexity index is 671. The molecule has 1 amide bonds. The summed E-state index contributed by atoms with van der Waals surface area (Å²) in [6.07, 6.45) is -1.42. The number of hydrogen-bond acceptors (Lipinski definition) is 3. The van der Waals surface area contributed by atoms with Crippen molar-refractivity contribution < 1.29 is 23.1 Å². The predicted octanol–water partition coefficient (Wildman–Crippen LogP) is 2.35. The van der Waals surface area contributed by atoms with Gasteiger partial charge in [-0.1, -0.05) is 24.3 Å². The molecule has 0 radical (unpaired) electrons. The number of carbonyl (C=O) groups is 2. The van der Waals surface area contributed by atoms with Gasteiger partial charge in [0.15, 0.2) is 0 Å². The van der Waals surface area contributed by atoms with Crippen LogP contribution in [0.1, 0.15) is 22.0 Å². The predicted molar refractivity (Wildman–Crippen MR) is 70.2 cm³/mol. The van der Waals surface area contributed by atoms with Crippen molar-refractivity contribution in [1.29, 1.82) is 0 Å². The van der Waals surface area contributed by atoms with Crippen LogP contribution < -0.4 is 5.73 Å². The van der Waals surface area contributed by atoms with Crippen molar-refractivity contribution in [2.45, 2.75) is 6.10 Å². The number of amides is 1. The molecule has 0 aromatic heterocycles. The fourth-order valence-corrected chi connectivity index (χ4v) is 1.73. The molecule has 0 heterocycles. The Morgan fingerprint density at radius 3 is 2.19 bits per heavy atom. The maximum atomic E-state index is 13.5. The first-order chi connectivity index (χ1) is 9.99. The summed E-state index contributed by atoms with van der Waals surface area (Å²) >= 11 is 0. The second-order valence-electron chi connectivity index (χ2n) is 4.22. The largest absolute Gasteiger partial charge is 0.444 e. The quantitative estimate of drug-likeness (QED) is 0.879. The van der Waals surface area contributed by atoms with Gasteiger partial charge in [0.25, 0.3) is 5.91 Å². The number of halogens is 2. The van der Waals surface area contributed by atoms with Gasteiger partial charge < -0.3 is 10.5 Å². The van der Waals surface area contributed by atoms with Crippen molar-refractivity contribution in [1.82, 2.24) is 0 Å². The summed E-state index contributed by atoms with van der Waals surface area (Å²) in [5, 5.41) is 0. The van der Waals surface area contributed by atoms with Crippen molar-refractivity contribution >= 4 is 11.9 Å². The van der Waals surface area contributed by atoms with Gasteiger partial charge in [-0.25, -0.2) is 13.6 Å². The maximum absolute atomic E-state index is 13.5. The first-order valence-electron chi connectivity index (χ1n) is 5.99. The summed E-state index contributed by atoms with van der Waals surface area (Å²) in [5.41, 5.74) is 5.06. The van der Waals surface area contributed by atoms with E-state index in [2.05, 4.69) is 0 Å². The fourth-order valence-electron chi connectivity index (χ4n) is 1.73. The molecule has 4 nitrogen and oxygen atoms in total. The lowest BCUT2D eigenvalue weighted by molar-refractivity contribution is -0.127. The zero-order valence-corrected chi connectivity index (χ0v) is 10.8. The Kier molecular flexibility index (Phi) is 4.27. The molecule has 0 aliphatic carbocycles. The highest BCUT2D eigenvalue weighted by molar-refractivity contribution is 5.92. The maximum Gasteiger partial charge on any atom is 0.342 e. The number of rotatable bonds is 4. The minimum absolute atomic E-state index is 0.202. The Labute approximate surface area is 119 Å². The summed E-state index contributed by atoms with van der Waals surface area (Å²) in [5.74, 6) is -3.25. The van der Waals surface area contributed by atoms with Crippen molar-refractivity contribution in [3.8, 4) is 0 Å². The normalized spacial score (nSPS) is 11.7. The first kappa shape index (κ1) is 14.6. The Morgan fingerprint density at radius 1 is 1.00 bits per heavy atom. The molecule has 1 atom stereocenters. The number of nitrogens with two attached hydrogens (primary N) is 1. The number of ether oxygens (including phenoxy) is 1. The van der Waals surface area contributed by atoms with Crippen molar-refractivity contribution in [2.75, 3.05) is 0 Å². The molecule has 0 saturated heterocycles. The summed E-state index contributed by atoms with van der Waals surface area (Å²) in [6.45, 7) is 0. The third-order valence-corrected chi connectivity index (χ3v) is 2.75. The lowest BCUT2D eigenvalue weighted by Crippen LogP contribution is -2.26. The zero-order valence-electron chi connectivity index (χ0n) is 10.8. The second-order valence-corrected chi connectivity index (χ2v) is 4.22. The first-order valence-corrected chi connectivity index (χ1v) is 5.99. The van der Waals surface area contributed by atoms with Crippen molar-refractivity contribution in [2.24, 2.45) is 5.73 Å². The monoisotopic (exact) mass is 291 g/mol. The molecule has 2 rings (SSSR count). The second kappa shape index (κ2) is 6.13. The molecule has 6 heteroatoms. The molecule has 0 bridgehead atoms. The van der Waals surface area contributed by atoms with Crippen molar-refractivity contribution in [3.63, 3.8) is 0 Å². The van der Waals surface area contributed by atoms with E-state index in [9.17, 15) is 18.4 Å². The molecule has 2 N–H and O–H groups in total. The van der Waals surface area contributed by atoms with E-state index in [0.29, 0.717) is 0 Å². The van der Waals surface area contributed by atoms with Crippen LogP contribution in [0.4, 0.5) is 8.78 Å². The Hall–Kier alpha value is -2.76. The minimum atomic E-state index is -1.42. The highest BCUT2D eigenvalue weighted by atomic mass is 19.1. The average molecular weight is 291 g/mol. The van der Waals surface area contributed by atoms with E-state index in [4.69, 9.17) is 10.5 Å². The van der Waals surface area contributed by atoms with Gasteiger partial charge >= 0.3 is 5.97 Å². The van der Waals surface area contributed by atoms with Crippen LogP contribution in [0.25, 0.3) is 0 Å². The van der Waals surface area contributed by atoms with Crippen molar-refractivity contribution in [3.05, 3.63) is 71.3 Å². The highest BCUT2D eigenvalue weighted by Crippen LogP contribution is 2.20. The lowest BCUT2D eigenvalue weighted by Gasteiger charge is -2.15. The van der Waals surface area contributed by atoms with Crippen LogP contribution in [0, 0.1) is 11.6 Å². The number of hydrogen-bond donors (Lipinski definition) is 1. The minimum Gasteiger partial charge on any atom is -0.444 e. The molecule has 0 aliphatic heterocycles. The van der Waals surface area contributed by atoms with Crippen LogP contribution in [0.15, 0.2) is 48.5 Å². The fraction of sp³-hybridized carbons (Fsp3) is 0.0667. The molecule has 108 valence electrons. The molecule has 2 aromatic carbocycles. The van der Waals surface area contributed by atoms with Gasteiger partial charge in [0.2, 0.25) is 6.10 Å². The van der Waals surface area contributed by atoms with Gasteiger partial charge in [-0.15, -0.1) is 0 Å². The molecule has 21 heavy (non-hydrogen) atoms. The summed E-state index contributed by atoms with van der Waals surface area (Å²) in [7, 11) is 0. The lowest BCUT2D eigenvalue weighted by atomic mass is 10.1. The third kappa shape index (κ3) is 3.42. The van der Waals surface area contributed by atoms with Gasteiger partial charge in [-0.2, -0.15) is 0 Å². The van der Waals surface area contributed by atoms with Crippen LogP contribution >= 0.6 is 0 Å². The molecule has 0 saturated carbocycles. The smallest absolute Gasteiger partial charge is 0.342 e. The van der Waals surface area contributed by atoms with Gasteiger partial charge in [0.1, 0.15) is 11.6 Å². The zero-order chi connectivity index (χ0) is 15.4.